The van der Waals surface area contributed by atoms with Gasteiger partial charge in [-0.05, 0) is 12.8 Å². The van der Waals surface area contributed by atoms with Gasteiger partial charge in [-0.25, -0.2) is 13.6 Å². The van der Waals surface area contributed by atoms with Crippen molar-refractivity contribution >= 4 is 11.9 Å². The minimum absolute atomic E-state index is 0.0383. The number of rotatable bonds is 4. The van der Waals surface area contributed by atoms with Gasteiger partial charge in [-0.15, -0.1) is 0 Å². The van der Waals surface area contributed by atoms with Gasteiger partial charge in [0.25, 0.3) is 0 Å². The van der Waals surface area contributed by atoms with Gasteiger partial charge in [-0.2, -0.15) is 0 Å². The van der Waals surface area contributed by atoms with E-state index in [0.29, 0.717) is 0 Å². The van der Waals surface area contributed by atoms with Crippen molar-refractivity contribution in [3.63, 3.8) is 0 Å². The molecular formula is C10H15F2NO4. The fraction of sp³-hybridized carbons (Fsp3) is 0.800. The van der Waals surface area contributed by atoms with Crippen LogP contribution in [0.1, 0.15) is 25.7 Å². The summed E-state index contributed by atoms with van der Waals surface area (Å²) in [6.45, 7) is -0.718. The number of amides is 1. The molecule has 0 aromatic heterocycles. The molecule has 98 valence electrons. The highest BCUT2D eigenvalue weighted by Gasteiger charge is 2.38. The quantitative estimate of drug-likeness (QED) is 0.674. The average Bonchev–Trinajstić information content (AvgIpc) is 2.25. The van der Waals surface area contributed by atoms with Crippen LogP contribution in [0.15, 0.2) is 0 Å². The maximum absolute atomic E-state index is 12.8. The summed E-state index contributed by atoms with van der Waals surface area (Å²) in [4.78, 5) is 22.1. The number of carbonyl (C=O) groups is 2. The van der Waals surface area contributed by atoms with Gasteiger partial charge in [0, 0.05) is 18.8 Å². The monoisotopic (exact) mass is 251 g/mol. The second kappa shape index (κ2) is 5.39. The zero-order valence-corrected chi connectivity index (χ0v) is 9.16. The van der Waals surface area contributed by atoms with Gasteiger partial charge in [0.15, 0.2) is 0 Å². The molecule has 3 N–H and O–H groups in total. The van der Waals surface area contributed by atoms with Crippen LogP contribution in [-0.2, 0) is 9.59 Å². The number of aliphatic carboxylic acids is 1. The molecule has 5 nitrogen and oxygen atoms in total. The number of hydrogen-bond donors (Lipinski definition) is 3. The summed E-state index contributed by atoms with van der Waals surface area (Å²) in [6.07, 6.45) is -0.642. The third-order valence-electron chi connectivity index (χ3n) is 2.89. The van der Waals surface area contributed by atoms with E-state index in [4.69, 9.17) is 10.2 Å². The standard InChI is InChI=1S/C10H15F2NO4/c11-10(12)3-1-6(2-4-10)8(15)13-7(5-14)9(16)17/h6-7,14H,1-5H2,(H,13,15)(H,16,17). The Bertz CT molecular complexity index is 299. The molecule has 0 radical (unpaired) electrons. The third-order valence-corrected chi connectivity index (χ3v) is 2.89. The van der Waals surface area contributed by atoms with Crippen LogP contribution in [0.5, 0.6) is 0 Å². The Labute approximate surface area is 96.8 Å². The first-order valence-corrected chi connectivity index (χ1v) is 5.37. The van der Waals surface area contributed by atoms with Crippen molar-refractivity contribution in [3.8, 4) is 0 Å². The summed E-state index contributed by atoms with van der Waals surface area (Å²) in [6, 6.07) is -1.37. The van der Waals surface area contributed by atoms with Crippen molar-refractivity contribution in [3.05, 3.63) is 0 Å². The largest absolute Gasteiger partial charge is 0.480 e. The SMILES string of the molecule is O=C(NC(CO)C(=O)O)C1CCC(F)(F)CC1. The van der Waals surface area contributed by atoms with Gasteiger partial charge in [-0.3, -0.25) is 4.79 Å². The lowest BCUT2D eigenvalue weighted by molar-refractivity contribution is -0.144. The molecule has 1 amide bonds. The molecule has 0 bridgehead atoms. The van der Waals surface area contributed by atoms with Crippen LogP contribution in [-0.4, -0.2) is 40.7 Å². The van der Waals surface area contributed by atoms with E-state index in [-0.39, 0.29) is 25.7 Å². The van der Waals surface area contributed by atoms with Crippen LogP contribution >= 0.6 is 0 Å². The number of carboxylic acid groups (broad SMARTS) is 1. The first kappa shape index (κ1) is 13.8. The van der Waals surface area contributed by atoms with Crippen LogP contribution < -0.4 is 5.32 Å². The van der Waals surface area contributed by atoms with Crippen molar-refractivity contribution in [2.24, 2.45) is 5.92 Å². The topological polar surface area (TPSA) is 86.6 Å². The minimum atomic E-state index is -2.72. The lowest BCUT2D eigenvalue weighted by Crippen LogP contribution is -2.46. The molecule has 1 unspecified atom stereocenters. The summed E-state index contributed by atoms with van der Waals surface area (Å²) in [5, 5.41) is 19.4. The molecule has 0 heterocycles. The number of aliphatic hydroxyl groups excluding tert-OH is 1. The molecule has 0 aliphatic heterocycles. The third kappa shape index (κ3) is 3.92. The van der Waals surface area contributed by atoms with E-state index in [1.54, 1.807) is 0 Å². The molecular weight excluding hydrogens is 236 g/mol. The Kier molecular flexibility index (Phi) is 4.39. The van der Waals surface area contributed by atoms with Gasteiger partial charge in [0.2, 0.25) is 11.8 Å². The van der Waals surface area contributed by atoms with E-state index in [1.165, 1.54) is 0 Å². The van der Waals surface area contributed by atoms with Crippen LogP contribution in [0.2, 0.25) is 0 Å². The Hall–Kier alpha value is -1.24. The predicted octanol–water partition coefficient (Wildman–Crippen LogP) is 0.374. The van der Waals surface area contributed by atoms with Gasteiger partial charge < -0.3 is 15.5 Å². The van der Waals surface area contributed by atoms with Gasteiger partial charge in [0.05, 0.1) is 6.61 Å². The van der Waals surface area contributed by atoms with Crippen molar-refractivity contribution in [2.45, 2.75) is 37.6 Å². The van der Waals surface area contributed by atoms with Crippen LogP contribution in [0.25, 0.3) is 0 Å². The Morgan fingerprint density at radius 3 is 2.29 bits per heavy atom. The van der Waals surface area contributed by atoms with E-state index < -0.39 is 36.4 Å². The molecule has 7 heteroatoms. The van der Waals surface area contributed by atoms with Crippen molar-refractivity contribution < 1.29 is 28.6 Å². The number of aliphatic hydroxyl groups is 1. The van der Waals surface area contributed by atoms with Crippen LogP contribution in [0.3, 0.4) is 0 Å². The maximum Gasteiger partial charge on any atom is 0.328 e. The van der Waals surface area contributed by atoms with Gasteiger partial charge in [0.1, 0.15) is 6.04 Å². The minimum Gasteiger partial charge on any atom is -0.480 e. The molecule has 0 saturated heterocycles. The molecule has 1 fully saturated rings. The molecule has 1 aliphatic rings. The fourth-order valence-corrected chi connectivity index (χ4v) is 1.78. The molecule has 1 rings (SSSR count). The first-order valence-electron chi connectivity index (χ1n) is 5.37. The summed E-state index contributed by atoms with van der Waals surface area (Å²) >= 11 is 0. The first-order chi connectivity index (χ1) is 7.85. The van der Waals surface area contributed by atoms with E-state index in [2.05, 4.69) is 5.32 Å². The number of carboxylic acids is 1. The zero-order chi connectivity index (χ0) is 13.1. The maximum atomic E-state index is 12.8. The van der Waals surface area contributed by atoms with E-state index in [1.807, 2.05) is 0 Å². The predicted molar refractivity (Wildman–Crippen MR) is 53.6 cm³/mol. The van der Waals surface area contributed by atoms with Crippen molar-refractivity contribution in [1.82, 2.24) is 5.32 Å². The summed E-state index contributed by atoms with van der Waals surface area (Å²) in [5.74, 6) is -5.24. The highest BCUT2D eigenvalue weighted by Crippen LogP contribution is 2.36. The fourth-order valence-electron chi connectivity index (χ4n) is 1.78. The molecule has 17 heavy (non-hydrogen) atoms. The summed E-state index contributed by atoms with van der Waals surface area (Å²) in [5.41, 5.74) is 0. The molecule has 1 atom stereocenters. The molecule has 1 saturated carbocycles. The second-order valence-electron chi connectivity index (χ2n) is 4.21. The molecule has 0 aromatic rings. The normalized spacial score (nSPS) is 21.8. The highest BCUT2D eigenvalue weighted by molar-refractivity contribution is 5.85. The average molecular weight is 251 g/mol. The summed E-state index contributed by atoms with van der Waals surface area (Å²) < 4.78 is 25.7. The number of carbonyl (C=O) groups excluding carboxylic acids is 1. The van der Waals surface area contributed by atoms with Crippen molar-refractivity contribution in [2.75, 3.05) is 6.61 Å². The van der Waals surface area contributed by atoms with Crippen molar-refractivity contribution in [1.29, 1.82) is 0 Å². The Morgan fingerprint density at radius 1 is 1.35 bits per heavy atom. The van der Waals surface area contributed by atoms with Gasteiger partial charge >= 0.3 is 5.97 Å². The van der Waals surface area contributed by atoms with E-state index in [9.17, 15) is 18.4 Å². The lowest BCUT2D eigenvalue weighted by atomic mass is 9.86. The Morgan fingerprint density at radius 2 is 1.88 bits per heavy atom. The van der Waals surface area contributed by atoms with E-state index >= 15 is 0 Å². The highest BCUT2D eigenvalue weighted by atomic mass is 19.3. The smallest absolute Gasteiger partial charge is 0.328 e. The lowest BCUT2D eigenvalue weighted by Gasteiger charge is -2.28. The molecule has 0 spiro atoms. The Balaban J connectivity index is 2.46. The second-order valence-corrected chi connectivity index (χ2v) is 4.21. The molecule has 0 aromatic carbocycles. The zero-order valence-electron chi connectivity index (χ0n) is 9.16. The number of hydrogen-bond acceptors (Lipinski definition) is 3. The molecule has 1 aliphatic carbocycles. The van der Waals surface area contributed by atoms with Crippen LogP contribution in [0.4, 0.5) is 8.78 Å². The number of nitrogens with one attached hydrogen (secondary N) is 1. The summed E-state index contributed by atoms with van der Waals surface area (Å²) in [7, 11) is 0. The number of halogens is 2. The van der Waals surface area contributed by atoms with Crippen LogP contribution in [0, 0.1) is 5.92 Å². The number of alkyl halides is 2. The van der Waals surface area contributed by atoms with E-state index in [0.717, 1.165) is 0 Å². The van der Waals surface area contributed by atoms with Gasteiger partial charge in [-0.1, -0.05) is 0 Å².